The number of pyridine rings is 1. The fourth-order valence-electron chi connectivity index (χ4n) is 2.34. The predicted molar refractivity (Wildman–Crippen MR) is 98.9 cm³/mol. The molecule has 6 nitrogen and oxygen atoms in total. The third-order valence-corrected chi connectivity index (χ3v) is 4.30. The van der Waals surface area contributed by atoms with Gasteiger partial charge in [0.1, 0.15) is 5.60 Å². The number of para-hydroxylation sites is 1. The second-order valence-corrected chi connectivity index (χ2v) is 6.77. The fraction of sp³-hybridized carbons (Fsp3) is 0.263. The van der Waals surface area contributed by atoms with Crippen LogP contribution in [0.15, 0.2) is 54.7 Å². The molecule has 0 aliphatic heterocycles. The molecule has 7 heteroatoms. The number of hydrogen-bond acceptors (Lipinski definition) is 5. The Labute approximate surface area is 156 Å². The van der Waals surface area contributed by atoms with Crippen molar-refractivity contribution in [3.8, 4) is 17.1 Å². The van der Waals surface area contributed by atoms with Gasteiger partial charge in [0.25, 0.3) is 0 Å². The summed E-state index contributed by atoms with van der Waals surface area (Å²) in [6.07, 6.45) is 0.115. The molecule has 0 fully saturated rings. The van der Waals surface area contributed by atoms with E-state index >= 15 is 0 Å². The third-order valence-electron chi connectivity index (χ3n) is 3.98. The predicted octanol–water partition coefficient (Wildman–Crippen LogP) is 3.19. The zero-order valence-corrected chi connectivity index (χ0v) is 15.3. The summed E-state index contributed by atoms with van der Waals surface area (Å²) in [5, 5.41) is 23.9. The molecule has 1 aromatic carbocycles. The fourth-order valence-corrected chi connectivity index (χ4v) is 2.55. The quantitative estimate of drug-likeness (QED) is 0.648. The lowest BCUT2D eigenvalue weighted by molar-refractivity contribution is -0.197. The number of halogens is 1. The van der Waals surface area contributed by atoms with E-state index in [2.05, 4.69) is 10.1 Å². The molecular formula is C19H20ClN3O3. The summed E-state index contributed by atoms with van der Waals surface area (Å²) in [5.41, 5.74) is 1.74. The largest absolute Gasteiger partial charge is 0.366 e. The molecule has 0 radical (unpaired) electrons. The Bertz CT molecular complexity index is 879. The molecule has 0 saturated carbocycles. The van der Waals surface area contributed by atoms with Crippen molar-refractivity contribution >= 4 is 11.6 Å². The van der Waals surface area contributed by atoms with Gasteiger partial charge >= 0.3 is 0 Å². The van der Waals surface area contributed by atoms with Crippen molar-refractivity contribution in [1.29, 1.82) is 0 Å². The minimum absolute atomic E-state index is 0.113. The van der Waals surface area contributed by atoms with Crippen molar-refractivity contribution in [2.24, 2.45) is 0 Å². The third kappa shape index (κ3) is 3.94. The summed E-state index contributed by atoms with van der Waals surface area (Å²) in [7, 11) is 0. The number of aliphatic hydroxyl groups is 2. The van der Waals surface area contributed by atoms with Crippen LogP contribution in [0, 0.1) is 0 Å². The molecule has 3 rings (SSSR count). The first-order valence-electron chi connectivity index (χ1n) is 8.14. The maximum atomic E-state index is 9.39. The molecule has 2 heterocycles. The minimum Gasteiger partial charge on any atom is -0.366 e. The molecule has 136 valence electrons. The highest BCUT2D eigenvalue weighted by molar-refractivity contribution is 6.32. The van der Waals surface area contributed by atoms with Crippen LogP contribution in [0.5, 0.6) is 0 Å². The van der Waals surface area contributed by atoms with Gasteiger partial charge in [-0.05, 0) is 44.2 Å². The highest BCUT2D eigenvalue weighted by Crippen LogP contribution is 2.27. The lowest BCUT2D eigenvalue weighted by atomic mass is 10.1. The van der Waals surface area contributed by atoms with Gasteiger partial charge in [0.15, 0.2) is 6.29 Å². The zero-order chi connectivity index (χ0) is 18.7. The van der Waals surface area contributed by atoms with E-state index in [1.54, 1.807) is 30.8 Å². The highest BCUT2D eigenvalue weighted by Gasteiger charge is 2.27. The van der Waals surface area contributed by atoms with E-state index in [1.165, 1.54) is 0 Å². The van der Waals surface area contributed by atoms with E-state index in [9.17, 15) is 10.2 Å². The van der Waals surface area contributed by atoms with E-state index in [1.807, 2.05) is 42.5 Å². The molecule has 0 atom stereocenters. The van der Waals surface area contributed by atoms with Gasteiger partial charge in [-0.25, -0.2) is 4.68 Å². The molecule has 0 unspecified atom stereocenters. The Morgan fingerprint density at radius 1 is 1.15 bits per heavy atom. The van der Waals surface area contributed by atoms with Crippen LogP contribution < -0.4 is 0 Å². The summed E-state index contributed by atoms with van der Waals surface area (Å²) in [6, 6.07) is 14.9. The van der Waals surface area contributed by atoms with Gasteiger partial charge in [0.05, 0.1) is 34.4 Å². The van der Waals surface area contributed by atoms with Gasteiger partial charge in [-0.3, -0.25) is 4.98 Å². The second kappa shape index (κ2) is 7.55. The molecule has 3 aromatic rings. The Balaban J connectivity index is 2.00. The van der Waals surface area contributed by atoms with E-state index in [-0.39, 0.29) is 6.61 Å². The topological polar surface area (TPSA) is 80.4 Å². The number of nitrogens with zero attached hydrogens (tertiary/aromatic N) is 3. The van der Waals surface area contributed by atoms with Gasteiger partial charge in [-0.15, -0.1) is 0 Å². The SMILES string of the molecule is CC(C)(OCc1cc(-c2ccccn2)n(-c2ccccc2Cl)n1)C(O)O. The van der Waals surface area contributed by atoms with Crippen LogP contribution in [0.2, 0.25) is 5.02 Å². The smallest absolute Gasteiger partial charge is 0.180 e. The van der Waals surface area contributed by atoms with Crippen molar-refractivity contribution in [3.05, 3.63) is 65.4 Å². The Morgan fingerprint density at radius 2 is 1.88 bits per heavy atom. The maximum Gasteiger partial charge on any atom is 0.180 e. The summed E-state index contributed by atoms with van der Waals surface area (Å²) >= 11 is 6.34. The summed E-state index contributed by atoms with van der Waals surface area (Å²) < 4.78 is 7.33. The van der Waals surface area contributed by atoms with Gasteiger partial charge < -0.3 is 14.9 Å². The highest BCUT2D eigenvalue weighted by atomic mass is 35.5. The van der Waals surface area contributed by atoms with Gasteiger partial charge in [0.2, 0.25) is 0 Å². The van der Waals surface area contributed by atoms with Gasteiger partial charge in [0, 0.05) is 6.20 Å². The number of rotatable bonds is 6. The number of ether oxygens (including phenoxy) is 1. The van der Waals surface area contributed by atoms with Crippen LogP contribution >= 0.6 is 11.6 Å². The van der Waals surface area contributed by atoms with Crippen LogP contribution in [0.4, 0.5) is 0 Å². The first-order valence-corrected chi connectivity index (χ1v) is 8.51. The molecule has 0 aliphatic rings. The van der Waals surface area contributed by atoms with Crippen LogP contribution in [-0.2, 0) is 11.3 Å². The van der Waals surface area contributed by atoms with Crippen molar-refractivity contribution in [3.63, 3.8) is 0 Å². The van der Waals surface area contributed by atoms with Crippen molar-refractivity contribution in [2.45, 2.75) is 32.3 Å². The second-order valence-electron chi connectivity index (χ2n) is 6.36. The summed E-state index contributed by atoms with van der Waals surface area (Å²) in [5.74, 6) is 0. The molecule has 2 N–H and O–H groups in total. The van der Waals surface area contributed by atoms with Gasteiger partial charge in [-0.1, -0.05) is 29.8 Å². The first-order chi connectivity index (χ1) is 12.4. The molecule has 0 saturated heterocycles. The Hall–Kier alpha value is -2.25. The molecule has 0 bridgehead atoms. The zero-order valence-electron chi connectivity index (χ0n) is 14.5. The van der Waals surface area contributed by atoms with E-state index in [4.69, 9.17) is 16.3 Å². The summed E-state index contributed by atoms with van der Waals surface area (Å²) in [6.45, 7) is 3.31. The normalized spacial score (nSPS) is 11.9. The van der Waals surface area contributed by atoms with Crippen LogP contribution in [0.3, 0.4) is 0 Å². The lowest BCUT2D eigenvalue weighted by Crippen LogP contribution is -2.38. The number of aromatic nitrogens is 3. The molecule has 0 amide bonds. The first kappa shape index (κ1) is 18.5. The number of benzene rings is 1. The number of aliphatic hydroxyl groups excluding tert-OH is 1. The number of hydrogen-bond donors (Lipinski definition) is 2. The van der Waals surface area contributed by atoms with Crippen LogP contribution in [0.25, 0.3) is 17.1 Å². The molecule has 0 aliphatic carbocycles. The van der Waals surface area contributed by atoms with E-state index in [0.29, 0.717) is 10.7 Å². The van der Waals surface area contributed by atoms with Crippen LogP contribution in [0.1, 0.15) is 19.5 Å². The minimum atomic E-state index is -1.59. The Kier molecular flexibility index (Phi) is 5.38. The molecule has 26 heavy (non-hydrogen) atoms. The van der Waals surface area contributed by atoms with E-state index < -0.39 is 11.9 Å². The van der Waals surface area contributed by atoms with Crippen molar-refractivity contribution in [1.82, 2.24) is 14.8 Å². The molecule has 2 aromatic heterocycles. The monoisotopic (exact) mass is 373 g/mol. The lowest BCUT2D eigenvalue weighted by Gasteiger charge is -2.26. The van der Waals surface area contributed by atoms with Gasteiger partial charge in [-0.2, -0.15) is 5.10 Å². The van der Waals surface area contributed by atoms with Crippen molar-refractivity contribution < 1.29 is 14.9 Å². The summed E-state index contributed by atoms with van der Waals surface area (Å²) in [4.78, 5) is 4.39. The molecular weight excluding hydrogens is 354 g/mol. The Morgan fingerprint density at radius 3 is 2.54 bits per heavy atom. The average Bonchev–Trinajstić information content (AvgIpc) is 3.05. The molecule has 0 spiro atoms. The maximum absolute atomic E-state index is 9.39. The van der Waals surface area contributed by atoms with Crippen molar-refractivity contribution in [2.75, 3.05) is 0 Å². The standard InChI is InChI=1S/C19H20ClN3O3/c1-19(2,18(24)25)26-12-13-11-17(15-8-5-6-10-21-15)23(22-13)16-9-4-3-7-14(16)20/h3-11,18,24-25H,12H2,1-2H3. The average molecular weight is 374 g/mol. The van der Waals surface area contributed by atoms with E-state index in [0.717, 1.165) is 17.1 Å². The van der Waals surface area contributed by atoms with Crippen LogP contribution in [-0.4, -0.2) is 36.9 Å².